The third kappa shape index (κ3) is 2.62. The average Bonchev–Trinajstić information content (AvgIpc) is 2.74. The standard InChI is InChI=1S/C16H18N6O2/c1-16(2)10-6-4-5-7-11(10)22(3)12(16)8-9-17-19-13-14(23)18-15(24)21-20-13/h4-9H,1-3H3,(H,19,20)(H2,18,21,23,24)/b12-8+,17-9+. The summed E-state index contributed by atoms with van der Waals surface area (Å²) in [4.78, 5) is 26.6. The normalized spacial score (nSPS) is 17.5. The molecule has 2 aromatic rings. The average molecular weight is 326 g/mol. The predicted octanol–water partition coefficient (Wildman–Crippen LogP) is 1.17. The minimum atomic E-state index is -0.663. The molecular formula is C16H18N6O2. The number of anilines is 2. The highest BCUT2D eigenvalue weighted by Gasteiger charge is 2.37. The fourth-order valence-electron chi connectivity index (χ4n) is 2.93. The first-order valence-corrected chi connectivity index (χ1v) is 7.43. The van der Waals surface area contributed by atoms with Crippen molar-refractivity contribution in [2.24, 2.45) is 5.10 Å². The number of aromatic nitrogens is 3. The molecule has 0 radical (unpaired) electrons. The molecule has 0 saturated heterocycles. The summed E-state index contributed by atoms with van der Waals surface area (Å²) >= 11 is 0. The third-order valence-electron chi connectivity index (χ3n) is 4.13. The van der Waals surface area contributed by atoms with Gasteiger partial charge in [-0.3, -0.25) is 15.2 Å². The van der Waals surface area contributed by atoms with Crippen LogP contribution in [0.2, 0.25) is 0 Å². The van der Waals surface area contributed by atoms with Gasteiger partial charge < -0.3 is 4.90 Å². The largest absolute Gasteiger partial charge is 0.347 e. The van der Waals surface area contributed by atoms with E-state index in [0.717, 1.165) is 11.4 Å². The Morgan fingerprint density at radius 2 is 2.04 bits per heavy atom. The van der Waals surface area contributed by atoms with Gasteiger partial charge in [-0.1, -0.05) is 32.0 Å². The van der Waals surface area contributed by atoms with Crippen LogP contribution in [0.3, 0.4) is 0 Å². The van der Waals surface area contributed by atoms with Gasteiger partial charge in [-0.15, -0.1) is 5.10 Å². The summed E-state index contributed by atoms with van der Waals surface area (Å²) in [5.74, 6) is -0.0772. The van der Waals surface area contributed by atoms with E-state index in [4.69, 9.17) is 0 Å². The molecule has 0 amide bonds. The summed E-state index contributed by atoms with van der Waals surface area (Å²) in [6, 6.07) is 8.24. The van der Waals surface area contributed by atoms with Crippen LogP contribution in [0.15, 0.2) is 50.7 Å². The van der Waals surface area contributed by atoms with E-state index >= 15 is 0 Å². The van der Waals surface area contributed by atoms with Gasteiger partial charge in [0.15, 0.2) is 0 Å². The lowest BCUT2D eigenvalue weighted by atomic mass is 9.84. The van der Waals surface area contributed by atoms with Crippen molar-refractivity contribution < 1.29 is 0 Å². The van der Waals surface area contributed by atoms with Crippen LogP contribution in [-0.4, -0.2) is 28.4 Å². The molecule has 0 unspecified atom stereocenters. The van der Waals surface area contributed by atoms with E-state index in [2.05, 4.69) is 56.6 Å². The summed E-state index contributed by atoms with van der Waals surface area (Å²) < 4.78 is 0. The van der Waals surface area contributed by atoms with Gasteiger partial charge in [0.25, 0.3) is 5.56 Å². The molecule has 1 aliphatic heterocycles. The van der Waals surface area contributed by atoms with Crippen molar-refractivity contribution in [1.82, 2.24) is 15.2 Å². The fourth-order valence-corrected chi connectivity index (χ4v) is 2.93. The van der Waals surface area contributed by atoms with Crippen LogP contribution in [0.5, 0.6) is 0 Å². The van der Waals surface area contributed by atoms with Crippen molar-refractivity contribution in [3.05, 3.63) is 62.4 Å². The van der Waals surface area contributed by atoms with E-state index in [1.165, 1.54) is 5.56 Å². The maximum atomic E-state index is 11.5. The van der Waals surface area contributed by atoms with Gasteiger partial charge in [0.05, 0.1) is 0 Å². The van der Waals surface area contributed by atoms with Gasteiger partial charge in [0, 0.05) is 30.1 Å². The number of likely N-dealkylation sites (N-methyl/N-ethyl adjacent to an activating group) is 1. The number of nitrogens with one attached hydrogen (secondary N) is 3. The smallest absolute Gasteiger partial charge is 0.342 e. The lowest BCUT2D eigenvalue weighted by Crippen LogP contribution is -2.25. The highest BCUT2D eigenvalue weighted by atomic mass is 16.2. The Morgan fingerprint density at radius 3 is 2.75 bits per heavy atom. The predicted molar refractivity (Wildman–Crippen MR) is 93.5 cm³/mol. The maximum absolute atomic E-state index is 11.5. The fraction of sp³-hybridized carbons (Fsp3) is 0.250. The van der Waals surface area contributed by atoms with Crippen molar-refractivity contribution >= 4 is 17.7 Å². The summed E-state index contributed by atoms with van der Waals surface area (Å²) in [6.07, 6.45) is 3.44. The molecule has 0 bridgehead atoms. The zero-order valence-corrected chi connectivity index (χ0v) is 13.6. The number of H-pyrrole nitrogens is 2. The topological polar surface area (TPSA) is 106 Å². The number of para-hydroxylation sites is 1. The molecule has 0 aliphatic carbocycles. The molecule has 8 heteroatoms. The quantitative estimate of drug-likeness (QED) is 0.580. The van der Waals surface area contributed by atoms with E-state index in [0.29, 0.717) is 0 Å². The van der Waals surface area contributed by atoms with Crippen LogP contribution in [0.4, 0.5) is 11.5 Å². The van der Waals surface area contributed by atoms with Crippen LogP contribution in [0.25, 0.3) is 0 Å². The number of hydrazone groups is 1. The molecule has 124 valence electrons. The molecule has 0 spiro atoms. The Kier molecular flexibility index (Phi) is 3.80. The molecule has 0 atom stereocenters. The van der Waals surface area contributed by atoms with E-state index in [1.54, 1.807) is 6.21 Å². The zero-order chi connectivity index (χ0) is 17.3. The summed E-state index contributed by atoms with van der Waals surface area (Å²) in [6.45, 7) is 4.30. The summed E-state index contributed by atoms with van der Waals surface area (Å²) in [5.41, 5.74) is 4.56. The van der Waals surface area contributed by atoms with Gasteiger partial charge in [-0.05, 0) is 17.7 Å². The highest BCUT2D eigenvalue weighted by molar-refractivity contribution is 5.79. The zero-order valence-electron chi connectivity index (χ0n) is 13.6. The number of benzene rings is 1. The van der Waals surface area contributed by atoms with Crippen molar-refractivity contribution in [2.75, 3.05) is 17.4 Å². The molecule has 0 fully saturated rings. The first-order valence-electron chi connectivity index (χ1n) is 7.43. The number of hydrogen-bond donors (Lipinski definition) is 3. The minimum Gasteiger partial charge on any atom is -0.347 e. The minimum absolute atomic E-state index is 0.0772. The number of hydrogen-bond acceptors (Lipinski definition) is 6. The SMILES string of the molecule is CN1/C(=C/C=N/Nc2n[nH]c(=O)[nH]c2=O)C(C)(C)c2ccccc21. The van der Waals surface area contributed by atoms with Crippen LogP contribution >= 0.6 is 0 Å². The highest BCUT2D eigenvalue weighted by Crippen LogP contribution is 2.46. The van der Waals surface area contributed by atoms with Gasteiger partial charge in [-0.25, -0.2) is 9.89 Å². The molecule has 0 saturated carbocycles. The van der Waals surface area contributed by atoms with Crippen molar-refractivity contribution in [3.8, 4) is 0 Å². The van der Waals surface area contributed by atoms with E-state index in [9.17, 15) is 9.59 Å². The van der Waals surface area contributed by atoms with Crippen LogP contribution in [0, 0.1) is 0 Å². The molecule has 1 aromatic carbocycles. The Bertz CT molecular complexity index is 938. The number of allylic oxidation sites excluding steroid dienone is 2. The molecule has 24 heavy (non-hydrogen) atoms. The second-order valence-electron chi connectivity index (χ2n) is 6.00. The Labute approximate surface area is 137 Å². The summed E-state index contributed by atoms with van der Waals surface area (Å²) in [7, 11) is 2.01. The van der Waals surface area contributed by atoms with Gasteiger partial charge in [0.2, 0.25) is 5.82 Å². The lowest BCUT2D eigenvalue weighted by molar-refractivity contribution is 0.641. The maximum Gasteiger partial charge on any atom is 0.342 e. The molecule has 3 N–H and O–H groups in total. The molecule has 8 nitrogen and oxygen atoms in total. The molecule has 2 heterocycles. The Hall–Kier alpha value is -3.16. The summed E-state index contributed by atoms with van der Waals surface area (Å²) in [5, 5.41) is 9.70. The molecular weight excluding hydrogens is 308 g/mol. The van der Waals surface area contributed by atoms with E-state index in [1.807, 2.05) is 25.3 Å². The van der Waals surface area contributed by atoms with E-state index < -0.39 is 11.2 Å². The Balaban J connectivity index is 1.82. The molecule has 1 aliphatic rings. The number of nitrogens with zero attached hydrogens (tertiary/aromatic N) is 3. The van der Waals surface area contributed by atoms with Gasteiger partial charge >= 0.3 is 5.69 Å². The first-order chi connectivity index (χ1) is 11.4. The number of rotatable bonds is 3. The molecule has 1 aromatic heterocycles. The number of aromatic amines is 2. The first kappa shape index (κ1) is 15.7. The van der Waals surface area contributed by atoms with Gasteiger partial charge in [0.1, 0.15) is 0 Å². The van der Waals surface area contributed by atoms with Gasteiger partial charge in [-0.2, -0.15) is 5.10 Å². The third-order valence-corrected chi connectivity index (χ3v) is 4.13. The van der Waals surface area contributed by atoms with Crippen LogP contribution in [0.1, 0.15) is 19.4 Å². The van der Waals surface area contributed by atoms with Crippen molar-refractivity contribution in [3.63, 3.8) is 0 Å². The lowest BCUT2D eigenvalue weighted by Gasteiger charge is -2.23. The van der Waals surface area contributed by atoms with Crippen LogP contribution in [-0.2, 0) is 5.41 Å². The van der Waals surface area contributed by atoms with Crippen molar-refractivity contribution in [1.29, 1.82) is 0 Å². The van der Waals surface area contributed by atoms with Crippen LogP contribution < -0.4 is 21.6 Å². The monoisotopic (exact) mass is 326 g/mol. The number of fused-ring (bicyclic) bond motifs is 1. The molecule has 3 rings (SSSR count). The Morgan fingerprint density at radius 1 is 1.29 bits per heavy atom. The second kappa shape index (κ2) is 5.80. The second-order valence-corrected chi connectivity index (χ2v) is 6.00. The van der Waals surface area contributed by atoms with E-state index in [-0.39, 0.29) is 11.2 Å². The van der Waals surface area contributed by atoms with Crippen molar-refractivity contribution in [2.45, 2.75) is 19.3 Å².